The molecule has 1 heterocycles. The Bertz CT molecular complexity index is 937. The van der Waals surface area contributed by atoms with Gasteiger partial charge in [-0.15, -0.1) is 0 Å². The van der Waals surface area contributed by atoms with Crippen LogP contribution in [0.3, 0.4) is 0 Å². The van der Waals surface area contributed by atoms with E-state index in [-0.39, 0.29) is 0 Å². The van der Waals surface area contributed by atoms with E-state index in [1.165, 1.54) is 12.1 Å². The molecule has 1 N–H and O–H groups in total. The maximum Gasteiger partial charge on any atom is 0.416 e. The average Bonchev–Trinajstić information content (AvgIpc) is 2.68. The van der Waals surface area contributed by atoms with E-state index in [0.29, 0.717) is 23.4 Å². The van der Waals surface area contributed by atoms with Crippen LogP contribution in [-0.4, -0.2) is 4.98 Å². The Morgan fingerprint density at radius 3 is 2.21 bits per heavy atom. The van der Waals surface area contributed by atoms with Gasteiger partial charge in [0.2, 0.25) is 0 Å². The number of hydrogen-bond donors (Lipinski definition) is 1. The van der Waals surface area contributed by atoms with Gasteiger partial charge in [0.15, 0.2) is 0 Å². The molecule has 2 aromatic carbocycles. The normalized spacial score (nSPS) is 13.6. The van der Waals surface area contributed by atoms with E-state index in [4.69, 9.17) is 0 Å². The molecule has 0 fully saturated rings. The van der Waals surface area contributed by atoms with Crippen LogP contribution in [0.2, 0.25) is 0 Å². The van der Waals surface area contributed by atoms with Crippen LogP contribution in [0, 0.1) is 0 Å². The first-order chi connectivity index (χ1) is 13.3. The highest BCUT2D eigenvalue weighted by Crippen LogP contribution is 2.37. The van der Waals surface area contributed by atoms with Crippen molar-refractivity contribution in [3.05, 3.63) is 114 Å². The van der Waals surface area contributed by atoms with Gasteiger partial charge in [-0.25, -0.2) is 0 Å². The van der Waals surface area contributed by atoms with E-state index >= 15 is 0 Å². The first kappa shape index (κ1) is 19.7. The predicted molar refractivity (Wildman–Crippen MR) is 105 cm³/mol. The van der Waals surface area contributed by atoms with Gasteiger partial charge in [0, 0.05) is 18.3 Å². The fourth-order valence-electron chi connectivity index (χ4n) is 3.36. The van der Waals surface area contributed by atoms with Crippen LogP contribution in [0.25, 0.3) is 0 Å². The van der Waals surface area contributed by atoms with Gasteiger partial charge >= 0.3 is 6.18 Å². The lowest BCUT2D eigenvalue weighted by Crippen LogP contribution is -2.45. The Kier molecular flexibility index (Phi) is 5.54. The van der Waals surface area contributed by atoms with Gasteiger partial charge in [0.25, 0.3) is 0 Å². The van der Waals surface area contributed by atoms with Crippen molar-refractivity contribution in [2.75, 3.05) is 0 Å². The smallest absolute Gasteiger partial charge is 0.374 e. The van der Waals surface area contributed by atoms with Crippen molar-refractivity contribution in [2.45, 2.75) is 25.1 Å². The summed E-state index contributed by atoms with van der Waals surface area (Å²) >= 11 is 0. The lowest BCUT2D eigenvalue weighted by Gasteiger charge is -2.37. The Balaban J connectivity index is 2.24. The van der Waals surface area contributed by atoms with Crippen LogP contribution in [-0.2, 0) is 18.1 Å². The van der Waals surface area contributed by atoms with Crippen LogP contribution in [0.1, 0.15) is 29.3 Å². The highest BCUT2D eigenvalue weighted by Gasteiger charge is 2.38. The summed E-state index contributed by atoms with van der Waals surface area (Å²) in [7, 11) is 0. The number of aromatic nitrogens is 1. The zero-order chi connectivity index (χ0) is 20.2. The number of halogens is 3. The van der Waals surface area contributed by atoms with Crippen molar-refractivity contribution >= 4 is 0 Å². The van der Waals surface area contributed by atoms with Gasteiger partial charge < -0.3 is 5.32 Å². The first-order valence-corrected chi connectivity index (χ1v) is 8.88. The Morgan fingerprint density at radius 1 is 0.929 bits per heavy atom. The van der Waals surface area contributed by atoms with Crippen LogP contribution >= 0.6 is 0 Å². The molecule has 3 rings (SSSR count). The second kappa shape index (κ2) is 7.89. The van der Waals surface area contributed by atoms with E-state index in [1.54, 1.807) is 25.3 Å². The molecule has 0 aliphatic heterocycles. The van der Waals surface area contributed by atoms with Gasteiger partial charge in [0.1, 0.15) is 5.54 Å². The molecule has 0 spiro atoms. The molecular formula is C23H21F3N2. The lowest BCUT2D eigenvalue weighted by atomic mass is 9.79. The fourth-order valence-corrected chi connectivity index (χ4v) is 3.36. The molecule has 0 amide bonds. The summed E-state index contributed by atoms with van der Waals surface area (Å²) in [6.07, 6.45) is -2.37. The number of nitrogens with one attached hydrogen (secondary N) is 1. The van der Waals surface area contributed by atoms with E-state index in [1.807, 2.05) is 42.5 Å². The molecule has 2 nitrogen and oxygen atoms in total. The van der Waals surface area contributed by atoms with Crippen molar-refractivity contribution in [2.24, 2.45) is 0 Å². The molecule has 1 unspecified atom stereocenters. The molecule has 144 valence electrons. The van der Waals surface area contributed by atoms with Gasteiger partial charge in [-0.2, -0.15) is 13.2 Å². The number of allylic oxidation sites excluding steroid dienone is 1. The highest BCUT2D eigenvalue weighted by molar-refractivity contribution is 5.41. The summed E-state index contributed by atoms with van der Waals surface area (Å²) in [4.78, 5) is 4.48. The Morgan fingerprint density at radius 2 is 1.61 bits per heavy atom. The molecule has 5 heteroatoms. The number of rotatable bonds is 6. The molecular weight excluding hydrogens is 361 g/mol. The standard InChI is InChI=1S/C23H21F3N2/c1-17(2)28-22(21-13-6-7-14-27-21,16-18-9-4-3-5-10-18)19-11-8-12-20(15-19)23(24,25)26/h3-15,28H,1,16H2,2H3. The minimum Gasteiger partial charge on any atom is -0.374 e. The number of benzene rings is 2. The Hall–Kier alpha value is -3.08. The molecule has 0 saturated heterocycles. The summed E-state index contributed by atoms with van der Waals surface area (Å²) < 4.78 is 40.2. The number of pyridine rings is 1. The third-order valence-electron chi connectivity index (χ3n) is 4.52. The van der Waals surface area contributed by atoms with Crippen molar-refractivity contribution in [1.29, 1.82) is 0 Å². The third-order valence-corrected chi connectivity index (χ3v) is 4.52. The molecule has 1 atom stereocenters. The summed E-state index contributed by atoms with van der Waals surface area (Å²) in [5, 5.41) is 3.33. The molecule has 0 saturated carbocycles. The maximum atomic E-state index is 13.4. The van der Waals surface area contributed by atoms with E-state index in [2.05, 4.69) is 16.9 Å². The fraction of sp³-hybridized carbons (Fsp3) is 0.174. The SMILES string of the molecule is C=C(C)NC(Cc1ccccc1)(c1cccc(C(F)(F)F)c1)c1ccccn1. The van der Waals surface area contributed by atoms with E-state index in [9.17, 15) is 13.2 Å². The van der Waals surface area contributed by atoms with Crippen molar-refractivity contribution in [3.8, 4) is 0 Å². The molecule has 0 aliphatic rings. The van der Waals surface area contributed by atoms with E-state index < -0.39 is 17.3 Å². The van der Waals surface area contributed by atoms with Crippen molar-refractivity contribution < 1.29 is 13.2 Å². The van der Waals surface area contributed by atoms with Crippen LogP contribution < -0.4 is 5.32 Å². The third kappa shape index (κ3) is 4.25. The topological polar surface area (TPSA) is 24.9 Å². The highest BCUT2D eigenvalue weighted by atomic mass is 19.4. The van der Waals surface area contributed by atoms with Gasteiger partial charge in [-0.3, -0.25) is 4.98 Å². The second-order valence-electron chi connectivity index (χ2n) is 6.77. The number of nitrogens with zero attached hydrogens (tertiary/aromatic N) is 1. The van der Waals surface area contributed by atoms with Gasteiger partial charge in [-0.05, 0) is 42.3 Å². The average molecular weight is 382 g/mol. The van der Waals surface area contributed by atoms with Crippen molar-refractivity contribution in [1.82, 2.24) is 10.3 Å². The minimum absolute atomic E-state index is 0.416. The quantitative estimate of drug-likeness (QED) is 0.591. The minimum atomic E-state index is -4.43. The zero-order valence-corrected chi connectivity index (χ0v) is 15.5. The molecule has 0 bridgehead atoms. The van der Waals surface area contributed by atoms with Crippen LogP contribution in [0.15, 0.2) is 91.3 Å². The summed E-state index contributed by atoms with van der Waals surface area (Å²) in [6, 6.07) is 20.4. The second-order valence-corrected chi connectivity index (χ2v) is 6.77. The summed E-state index contributed by atoms with van der Waals surface area (Å²) in [5.41, 5.74) is 1.03. The van der Waals surface area contributed by atoms with Crippen molar-refractivity contribution in [3.63, 3.8) is 0 Å². The largest absolute Gasteiger partial charge is 0.416 e. The molecule has 28 heavy (non-hydrogen) atoms. The Labute approximate surface area is 162 Å². The molecule has 0 radical (unpaired) electrons. The predicted octanol–water partition coefficient (Wildman–Crippen LogP) is 5.71. The van der Waals surface area contributed by atoms with Gasteiger partial charge in [-0.1, -0.05) is 55.1 Å². The summed E-state index contributed by atoms with van der Waals surface area (Å²) in [5.74, 6) is 0. The van der Waals surface area contributed by atoms with E-state index in [0.717, 1.165) is 11.6 Å². The molecule has 1 aromatic heterocycles. The zero-order valence-electron chi connectivity index (χ0n) is 15.5. The molecule has 0 aliphatic carbocycles. The van der Waals surface area contributed by atoms with Crippen LogP contribution in [0.5, 0.6) is 0 Å². The molecule has 3 aromatic rings. The first-order valence-electron chi connectivity index (χ1n) is 8.88. The monoisotopic (exact) mass is 382 g/mol. The van der Waals surface area contributed by atoms with Crippen LogP contribution in [0.4, 0.5) is 13.2 Å². The maximum absolute atomic E-state index is 13.4. The number of alkyl halides is 3. The summed E-state index contributed by atoms with van der Waals surface area (Å²) in [6.45, 7) is 5.73. The lowest BCUT2D eigenvalue weighted by molar-refractivity contribution is -0.137. The van der Waals surface area contributed by atoms with Gasteiger partial charge in [0.05, 0.1) is 11.3 Å². The number of hydrogen-bond acceptors (Lipinski definition) is 2.